The van der Waals surface area contributed by atoms with Crippen molar-refractivity contribution in [3.05, 3.63) is 62.7 Å². The Kier molecular flexibility index (Phi) is 6.62. The molecule has 1 saturated heterocycles. The van der Waals surface area contributed by atoms with Gasteiger partial charge in [0.1, 0.15) is 12.4 Å². The first-order valence-corrected chi connectivity index (χ1v) is 9.98. The van der Waals surface area contributed by atoms with Crippen molar-refractivity contribution >= 4 is 44.9 Å². The molecule has 2 aromatic rings. The molecule has 29 heavy (non-hydrogen) atoms. The van der Waals surface area contributed by atoms with Gasteiger partial charge < -0.3 is 9.47 Å². The lowest BCUT2D eigenvalue weighted by molar-refractivity contribution is -0.123. The number of thioether (sulfide) groups is 1. The Bertz CT molecular complexity index is 1050. The number of nitrogens with zero attached hydrogens (tertiary/aromatic N) is 1. The molecule has 0 radical (unpaired) electrons. The van der Waals surface area contributed by atoms with Crippen molar-refractivity contribution < 1.29 is 23.5 Å². The van der Waals surface area contributed by atoms with E-state index in [4.69, 9.17) is 15.9 Å². The SMILES string of the molecule is C#CCOc1c(/C=C2/SC(=O)N(Cc3ccccc3F)C2=O)cc(Br)cc1OC. The molecule has 0 spiro atoms. The second-order valence-electron chi connectivity index (χ2n) is 5.88. The Labute approximate surface area is 180 Å². The molecule has 0 unspecified atom stereocenters. The number of hydrogen-bond acceptors (Lipinski definition) is 5. The minimum absolute atomic E-state index is 0.00753. The van der Waals surface area contributed by atoms with Gasteiger partial charge >= 0.3 is 0 Å². The van der Waals surface area contributed by atoms with Crippen LogP contribution in [0.5, 0.6) is 11.5 Å². The van der Waals surface area contributed by atoms with Gasteiger partial charge in [-0.1, -0.05) is 40.0 Å². The summed E-state index contributed by atoms with van der Waals surface area (Å²) in [5.41, 5.74) is 0.779. The summed E-state index contributed by atoms with van der Waals surface area (Å²) in [5, 5.41) is -0.474. The van der Waals surface area contributed by atoms with E-state index in [0.717, 1.165) is 16.7 Å². The largest absolute Gasteiger partial charge is 0.493 e. The lowest BCUT2D eigenvalue weighted by Crippen LogP contribution is -2.27. The summed E-state index contributed by atoms with van der Waals surface area (Å²) in [6, 6.07) is 9.44. The number of carbonyl (C=O) groups is 2. The van der Waals surface area contributed by atoms with Crippen molar-refractivity contribution in [3.63, 3.8) is 0 Å². The van der Waals surface area contributed by atoms with Gasteiger partial charge in [0.05, 0.1) is 18.6 Å². The lowest BCUT2D eigenvalue weighted by Gasteiger charge is -2.14. The third-order valence-corrected chi connectivity index (χ3v) is 5.38. The predicted octanol–water partition coefficient (Wildman–Crippen LogP) is 4.85. The highest BCUT2D eigenvalue weighted by molar-refractivity contribution is 9.10. The van der Waals surface area contributed by atoms with Gasteiger partial charge in [-0.2, -0.15) is 0 Å². The molecule has 1 fully saturated rings. The van der Waals surface area contributed by atoms with E-state index in [-0.39, 0.29) is 23.6 Å². The number of ether oxygens (including phenoxy) is 2. The zero-order valence-corrected chi connectivity index (χ0v) is 17.7. The first-order chi connectivity index (χ1) is 13.9. The quantitative estimate of drug-likeness (QED) is 0.441. The number of carbonyl (C=O) groups excluding carboxylic acids is 2. The highest BCUT2D eigenvalue weighted by Gasteiger charge is 2.35. The summed E-state index contributed by atoms with van der Waals surface area (Å²) in [6.07, 6.45) is 6.81. The first-order valence-electron chi connectivity index (χ1n) is 8.37. The van der Waals surface area contributed by atoms with E-state index in [0.29, 0.717) is 21.5 Å². The van der Waals surface area contributed by atoms with Crippen molar-refractivity contribution in [1.29, 1.82) is 0 Å². The molecule has 5 nitrogen and oxygen atoms in total. The van der Waals surface area contributed by atoms with Crippen molar-refractivity contribution in [3.8, 4) is 23.8 Å². The summed E-state index contributed by atoms with van der Waals surface area (Å²) < 4.78 is 25.5. The summed E-state index contributed by atoms with van der Waals surface area (Å²) in [5.74, 6) is 2.17. The van der Waals surface area contributed by atoms with Crippen molar-refractivity contribution in [2.45, 2.75) is 6.54 Å². The summed E-state index contributed by atoms with van der Waals surface area (Å²) in [7, 11) is 1.48. The molecule has 0 aliphatic carbocycles. The Balaban J connectivity index is 1.94. The zero-order valence-electron chi connectivity index (χ0n) is 15.3. The second kappa shape index (κ2) is 9.16. The van der Waals surface area contributed by atoms with Crippen LogP contribution in [0.15, 0.2) is 45.8 Å². The number of terminal acetylenes is 1. The van der Waals surface area contributed by atoms with Gasteiger partial charge in [0.15, 0.2) is 11.5 Å². The van der Waals surface area contributed by atoms with Crippen LogP contribution in [0.4, 0.5) is 9.18 Å². The second-order valence-corrected chi connectivity index (χ2v) is 7.79. The molecule has 2 amide bonds. The maximum Gasteiger partial charge on any atom is 0.293 e. The van der Waals surface area contributed by atoms with Crippen LogP contribution in [0.2, 0.25) is 0 Å². The number of benzene rings is 2. The third kappa shape index (κ3) is 4.63. The van der Waals surface area contributed by atoms with E-state index in [9.17, 15) is 14.0 Å². The van der Waals surface area contributed by atoms with Crippen LogP contribution >= 0.6 is 27.7 Å². The highest BCUT2D eigenvalue weighted by atomic mass is 79.9. The van der Waals surface area contributed by atoms with Crippen LogP contribution < -0.4 is 9.47 Å². The molecule has 148 valence electrons. The van der Waals surface area contributed by atoms with Gasteiger partial charge in [0, 0.05) is 15.6 Å². The molecule has 1 aliphatic rings. The van der Waals surface area contributed by atoms with Crippen LogP contribution in [0.3, 0.4) is 0 Å². The van der Waals surface area contributed by atoms with Crippen LogP contribution in [0.25, 0.3) is 6.08 Å². The number of rotatable bonds is 6. The molecule has 0 N–H and O–H groups in total. The minimum Gasteiger partial charge on any atom is -0.493 e. The van der Waals surface area contributed by atoms with Gasteiger partial charge in [-0.05, 0) is 36.0 Å². The zero-order chi connectivity index (χ0) is 21.0. The van der Waals surface area contributed by atoms with E-state index in [1.807, 2.05) is 0 Å². The Hall–Kier alpha value is -2.76. The number of halogens is 2. The van der Waals surface area contributed by atoms with E-state index < -0.39 is 17.0 Å². The predicted molar refractivity (Wildman–Crippen MR) is 113 cm³/mol. The number of hydrogen-bond donors (Lipinski definition) is 0. The molecule has 1 heterocycles. The topological polar surface area (TPSA) is 55.8 Å². The monoisotopic (exact) mass is 475 g/mol. The van der Waals surface area contributed by atoms with Crippen molar-refractivity contribution in [1.82, 2.24) is 4.90 Å². The first kappa shape index (κ1) is 21.0. The Morgan fingerprint density at radius 3 is 2.76 bits per heavy atom. The molecule has 0 saturated carbocycles. The van der Waals surface area contributed by atoms with Crippen LogP contribution in [0, 0.1) is 18.2 Å². The summed E-state index contributed by atoms with van der Waals surface area (Å²) in [6.45, 7) is -0.134. The number of amides is 2. The van der Waals surface area contributed by atoms with Crippen LogP contribution in [0.1, 0.15) is 11.1 Å². The molecule has 8 heteroatoms. The van der Waals surface area contributed by atoms with Gasteiger partial charge in [-0.15, -0.1) is 6.42 Å². The van der Waals surface area contributed by atoms with Gasteiger partial charge in [0.25, 0.3) is 11.1 Å². The Morgan fingerprint density at radius 1 is 1.31 bits per heavy atom. The van der Waals surface area contributed by atoms with Gasteiger partial charge in [-0.25, -0.2) is 4.39 Å². The molecular weight excluding hydrogens is 461 g/mol. The van der Waals surface area contributed by atoms with Gasteiger partial charge in [0.2, 0.25) is 0 Å². The maximum atomic E-state index is 13.9. The average molecular weight is 476 g/mol. The molecule has 3 rings (SSSR count). The standard InChI is InChI=1S/C21H15BrFNO4S/c1-3-8-28-19-14(9-15(22)11-17(19)27-2)10-18-20(25)24(21(26)29-18)12-13-6-4-5-7-16(13)23/h1,4-7,9-11H,8,12H2,2H3/b18-10+. The normalized spacial score (nSPS) is 15.0. The fraction of sp³-hybridized carbons (Fsp3) is 0.143. The number of imide groups is 1. The van der Waals surface area contributed by atoms with Gasteiger partial charge in [-0.3, -0.25) is 14.5 Å². The molecule has 2 aromatic carbocycles. The minimum atomic E-state index is -0.509. The molecular formula is C21H15BrFNO4S. The van der Waals surface area contributed by atoms with Crippen LogP contribution in [-0.2, 0) is 11.3 Å². The van der Waals surface area contributed by atoms with E-state index >= 15 is 0 Å². The summed E-state index contributed by atoms with van der Waals surface area (Å²) >= 11 is 4.16. The molecule has 1 aliphatic heterocycles. The average Bonchev–Trinajstić information content (AvgIpc) is 2.95. The molecule has 0 bridgehead atoms. The van der Waals surface area contributed by atoms with E-state index in [2.05, 4.69) is 21.9 Å². The summed E-state index contributed by atoms with van der Waals surface area (Å²) in [4.78, 5) is 26.3. The maximum absolute atomic E-state index is 13.9. The third-order valence-electron chi connectivity index (χ3n) is 4.01. The highest BCUT2D eigenvalue weighted by Crippen LogP contribution is 2.39. The van der Waals surface area contributed by atoms with Crippen LogP contribution in [-0.4, -0.2) is 29.8 Å². The van der Waals surface area contributed by atoms with Crippen molar-refractivity contribution in [2.75, 3.05) is 13.7 Å². The fourth-order valence-corrected chi connectivity index (χ4v) is 3.97. The Morgan fingerprint density at radius 2 is 2.07 bits per heavy atom. The van der Waals surface area contributed by atoms with Crippen molar-refractivity contribution in [2.24, 2.45) is 0 Å². The number of methoxy groups -OCH3 is 1. The fourth-order valence-electron chi connectivity index (χ4n) is 2.69. The smallest absolute Gasteiger partial charge is 0.293 e. The van der Waals surface area contributed by atoms with E-state index in [1.165, 1.54) is 25.3 Å². The molecule has 0 atom stereocenters. The van der Waals surface area contributed by atoms with E-state index in [1.54, 1.807) is 24.3 Å². The lowest BCUT2D eigenvalue weighted by atomic mass is 10.1. The molecule has 0 aromatic heterocycles.